The number of hydrogen-bond acceptors (Lipinski definition) is 2. The van der Waals surface area contributed by atoms with Crippen LogP contribution in [0.25, 0.3) is 0 Å². The minimum absolute atomic E-state index is 0.00167. The van der Waals surface area contributed by atoms with Gasteiger partial charge in [-0.05, 0) is 6.92 Å². The zero-order valence-corrected chi connectivity index (χ0v) is 7.14. The summed E-state index contributed by atoms with van der Waals surface area (Å²) in [6.45, 7) is 1.76. The van der Waals surface area contributed by atoms with Gasteiger partial charge in [-0.2, -0.15) is 0 Å². The van der Waals surface area contributed by atoms with Crippen molar-refractivity contribution in [1.29, 1.82) is 0 Å². The summed E-state index contributed by atoms with van der Waals surface area (Å²) < 4.78 is 5.16. The van der Waals surface area contributed by atoms with Crippen molar-refractivity contribution in [3.63, 3.8) is 0 Å². The fraction of sp³-hybridized carbons (Fsp3) is 0.286. The molecule has 0 unspecified atom stereocenters. The van der Waals surface area contributed by atoms with Gasteiger partial charge >= 0.3 is 0 Å². The van der Waals surface area contributed by atoms with E-state index in [2.05, 4.69) is 15.9 Å². The molecule has 0 amide bonds. The van der Waals surface area contributed by atoms with Crippen LogP contribution in [0.1, 0.15) is 11.5 Å². The standard InChI is InChI=1S/C7H7BrO2/c1-5-2-6(9)3-7(4-8)10-5/h2-3H,4H2,1H3. The van der Waals surface area contributed by atoms with Crippen LogP contribution in [0.2, 0.25) is 0 Å². The van der Waals surface area contributed by atoms with Crippen LogP contribution in [0.15, 0.2) is 21.3 Å². The van der Waals surface area contributed by atoms with E-state index in [0.717, 1.165) is 0 Å². The quantitative estimate of drug-likeness (QED) is 0.652. The molecule has 0 fully saturated rings. The highest BCUT2D eigenvalue weighted by atomic mass is 79.9. The van der Waals surface area contributed by atoms with Crippen LogP contribution < -0.4 is 5.43 Å². The molecule has 1 rings (SSSR count). The molecule has 1 heterocycles. The molecule has 10 heavy (non-hydrogen) atoms. The molecule has 0 saturated carbocycles. The molecule has 0 spiro atoms. The van der Waals surface area contributed by atoms with E-state index in [9.17, 15) is 4.79 Å². The van der Waals surface area contributed by atoms with E-state index in [1.807, 2.05) is 0 Å². The average Bonchev–Trinajstić information content (AvgIpc) is 1.85. The molecule has 54 valence electrons. The SMILES string of the molecule is Cc1cc(=O)cc(CBr)o1. The van der Waals surface area contributed by atoms with Crippen molar-refractivity contribution in [2.45, 2.75) is 12.3 Å². The molecular weight excluding hydrogens is 196 g/mol. The van der Waals surface area contributed by atoms with E-state index in [0.29, 0.717) is 16.9 Å². The Bertz CT molecular complexity index is 277. The van der Waals surface area contributed by atoms with Gasteiger partial charge in [-0.1, -0.05) is 15.9 Å². The largest absolute Gasteiger partial charge is 0.465 e. The monoisotopic (exact) mass is 202 g/mol. The highest BCUT2D eigenvalue weighted by molar-refractivity contribution is 9.08. The molecule has 0 aliphatic carbocycles. The van der Waals surface area contributed by atoms with Crippen LogP contribution in [0, 0.1) is 6.92 Å². The number of rotatable bonds is 1. The number of aryl methyl sites for hydroxylation is 1. The van der Waals surface area contributed by atoms with Crippen LogP contribution in [0.5, 0.6) is 0 Å². The minimum Gasteiger partial charge on any atom is -0.465 e. The Morgan fingerprint density at radius 2 is 2.30 bits per heavy atom. The molecule has 0 radical (unpaired) electrons. The maximum atomic E-state index is 10.8. The first kappa shape index (κ1) is 7.54. The Morgan fingerprint density at radius 1 is 1.60 bits per heavy atom. The van der Waals surface area contributed by atoms with Crippen molar-refractivity contribution in [2.75, 3.05) is 0 Å². The van der Waals surface area contributed by atoms with Gasteiger partial charge in [0, 0.05) is 12.1 Å². The lowest BCUT2D eigenvalue weighted by Crippen LogP contribution is -1.98. The Hall–Kier alpha value is -0.570. The van der Waals surface area contributed by atoms with Crippen LogP contribution in [0.4, 0.5) is 0 Å². The second-order valence-electron chi connectivity index (χ2n) is 2.00. The third kappa shape index (κ3) is 1.70. The van der Waals surface area contributed by atoms with E-state index >= 15 is 0 Å². The van der Waals surface area contributed by atoms with E-state index in [-0.39, 0.29) is 5.43 Å². The van der Waals surface area contributed by atoms with Gasteiger partial charge in [0.1, 0.15) is 11.5 Å². The van der Waals surface area contributed by atoms with Gasteiger partial charge in [-0.3, -0.25) is 4.79 Å². The summed E-state index contributed by atoms with van der Waals surface area (Å²) >= 11 is 3.19. The third-order valence-corrected chi connectivity index (χ3v) is 1.63. The van der Waals surface area contributed by atoms with Crippen LogP contribution in [-0.4, -0.2) is 0 Å². The fourth-order valence-electron chi connectivity index (χ4n) is 0.732. The lowest BCUT2D eigenvalue weighted by atomic mass is 10.4. The van der Waals surface area contributed by atoms with Crippen LogP contribution >= 0.6 is 15.9 Å². The summed E-state index contributed by atoms with van der Waals surface area (Å²) in [5.74, 6) is 1.33. The Balaban J connectivity index is 3.19. The second-order valence-corrected chi connectivity index (χ2v) is 2.56. The van der Waals surface area contributed by atoms with Gasteiger partial charge in [0.25, 0.3) is 0 Å². The van der Waals surface area contributed by atoms with Crippen molar-refractivity contribution in [3.8, 4) is 0 Å². The molecule has 0 saturated heterocycles. The van der Waals surface area contributed by atoms with E-state index < -0.39 is 0 Å². The van der Waals surface area contributed by atoms with Crippen molar-refractivity contribution in [3.05, 3.63) is 33.9 Å². The Labute approximate surface area is 67.0 Å². The first-order chi connectivity index (χ1) is 4.72. The third-order valence-electron chi connectivity index (χ3n) is 1.07. The summed E-state index contributed by atoms with van der Waals surface area (Å²) in [6, 6.07) is 2.94. The Kier molecular flexibility index (Phi) is 2.27. The fourth-order valence-corrected chi connectivity index (χ4v) is 1.01. The summed E-state index contributed by atoms with van der Waals surface area (Å²) in [7, 11) is 0. The molecule has 0 bridgehead atoms. The second kappa shape index (κ2) is 3.01. The first-order valence-electron chi connectivity index (χ1n) is 2.89. The highest BCUT2D eigenvalue weighted by Crippen LogP contribution is 2.03. The topological polar surface area (TPSA) is 30.2 Å². The molecule has 0 N–H and O–H groups in total. The van der Waals surface area contributed by atoms with Crippen molar-refractivity contribution >= 4 is 15.9 Å². The molecule has 1 aromatic heterocycles. The minimum atomic E-state index is -0.00167. The van der Waals surface area contributed by atoms with E-state index in [1.54, 1.807) is 6.92 Å². The molecule has 0 aliphatic rings. The van der Waals surface area contributed by atoms with Gasteiger partial charge in [0.15, 0.2) is 5.43 Å². The summed E-state index contributed by atoms with van der Waals surface area (Å²) in [6.07, 6.45) is 0. The predicted octanol–water partition coefficient (Wildman–Crippen LogP) is 1.84. The van der Waals surface area contributed by atoms with Crippen LogP contribution in [-0.2, 0) is 5.33 Å². The van der Waals surface area contributed by atoms with Gasteiger partial charge < -0.3 is 4.42 Å². The smallest absolute Gasteiger partial charge is 0.185 e. The maximum absolute atomic E-state index is 10.8. The van der Waals surface area contributed by atoms with Crippen molar-refractivity contribution < 1.29 is 4.42 Å². The van der Waals surface area contributed by atoms with E-state index in [1.165, 1.54) is 12.1 Å². The van der Waals surface area contributed by atoms with Crippen molar-refractivity contribution in [1.82, 2.24) is 0 Å². The van der Waals surface area contributed by atoms with Gasteiger partial charge in [-0.15, -0.1) is 0 Å². The Morgan fingerprint density at radius 3 is 2.80 bits per heavy atom. The molecular formula is C7H7BrO2. The zero-order valence-electron chi connectivity index (χ0n) is 5.56. The highest BCUT2D eigenvalue weighted by Gasteiger charge is 1.94. The zero-order chi connectivity index (χ0) is 7.56. The predicted molar refractivity (Wildman–Crippen MR) is 42.3 cm³/mol. The van der Waals surface area contributed by atoms with Gasteiger partial charge in [-0.25, -0.2) is 0 Å². The van der Waals surface area contributed by atoms with Gasteiger partial charge in [0.2, 0.25) is 0 Å². The lowest BCUT2D eigenvalue weighted by Gasteiger charge is -1.94. The first-order valence-corrected chi connectivity index (χ1v) is 4.01. The molecule has 0 aliphatic heterocycles. The van der Waals surface area contributed by atoms with Crippen molar-refractivity contribution in [2.24, 2.45) is 0 Å². The normalized spacial score (nSPS) is 9.80. The van der Waals surface area contributed by atoms with Crippen LogP contribution in [0.3, 0.4) is 0 Å². The summed E-state index contributed by atoms with van der Waals surface area (Å²) in [5, 5.41) is 0.587. The number of alkyl halides is 1. The molecule has 0 aromatic carbocycles. The summed E-state index contributed by atoms with van der Waals surface area (Å²) in [4.78, 5) is 10.8. The number of hydrogen-bond donors (Lipinski definition) is 0. The molecule has 2 nitrogen and oxygen atoms in total. The molecule has 0 atom stereocenters. The van der Waals surface area contributed by atoms with Gasteiger partial charge in [0.05, 0.1) is 5.33 Å². The molecule has 3 heteroatoms. The van der Waals surface area contributed by atoms with E-state index in [4.69, 9.17) is 4.42 Å². The molecule has 1 aromatic rings. The maximum Gasteiger partial charge on any atom is 0.185 e. The number of halogens is 1. The lowest BCUT2D eigenvalue weighted by molar-refractivity contribution is 0.482. The average molecular weight is 203 g/mol. The summed E-state index contributed by atoms with van der Waals surface area (Å²) in [5.41, 5.74) is -0.00167.